The smallest absolute Gasteiger partial charge is 0.323 e. The molecule has 88 valence electrons. The molecular weight excluding hydrogens is 218 g/mol. The average molecular weight is 231 g/mol. The van der Waals surface area contributed by atoms with Gasteiger partial charge in [0.1, 0.15) is 6.54 Å². The molecule has 4 heteroatoms. The van der Waals surface area contributed by atoms with E-state index >= 15 is 0 Å². The number of carbonyl (C=O) groups is 1. The van der Waals surface area contributed by atoms with Gasteiger partial charge in [0, 0.05) is 10.9 Å². The van der Waals surface area contributed by atoms with Crippen molar-refractivity contribution >= 4 is 16.9 Å². The van der Waals surface area contributed by atoms with Crippen molar-refractivity contribution in [2.75, 3.05) is 0 Å². The first-order valence-electron chi connectivity index (χ1n) is 5.33. The van der Waals surface area contributed by atoms with Crippen molar-refractivity contribution in [2.45, 2.75) is 20.4 Å². The van der Waals surface area contributed by atoms with Crippen LogP contribution in [0.1, 0.15) is 11.1 Å². The Hall–Kier alpha value is -2.10. The highest BCUT2D eigenvalue weighted by atomic mass is 16.4. The highest BCUT2D eigenvalue weighted by Gasteiger charge is 2.12. The van der Waals surface area contributed by atoms with Gasteiger partial charge < -0.3 is 5.11 Å². The van der Waals surface area contributed by atoms with Crippen LogP contribution in [0, 0.1) is 13.8 Å². The van der Waals surface area contributed by atoms with E-state index in [1.54, 1.807) is 19.1 Å². The lowest BCUT2D eigenvalue weighted by molar-refractivity contribution is -0.137. The Labute approximate surface area is 98.1 Å². The fraction of sp³-hybridized carbons (Fsp3) is 0.231. The predicted molar refractivity (Wildman–Crippen MR) is 65.3 cm³/mol. The third kappa shape index (κ3) is 1.82. The highest BCUT2D eigenvalue weighted by molar-refractivity contribution is 5.84. The molecule has 0 unspecified atom stereocenters. The second kappa shape index (κ2) is 4.05. The molecule has 0 bridgehead atoms. The molecule has 0 saturated carbocycles. The van der Waals surface area contributed by atoms with E-state index in [0.29, 0.717) is 11.1 Å². The molecule has 0 fully saturated rings. The fourth-order valence-corrected chi connectivity index (χ4v) is 1.99. The van der Waals surface area contributed by atoms with Gasteiger partial charge in [-0.2, -0.15) is 0 Å². The lowest BCUT2D eigenvalue weighted by Gasteiger charge is -2.12. The zero-order valence-corrected chi connectivity index (χ0v) is 9.73. The summed E-state index contributed by atoms with van der Waals surface area (Å²) in [6.45, 7) is 3.30. The van der Waals surface area contributed by atoms with Gasteiger partial charge in [-0.25, -0.2) is 0 Å². The van der Waals surface area contributed by atoms with E-state index in [0.717, 1.165) is 10.9 Å². The van der Waals surface area contributed by atoms with E-state index in [2.05, 4.69) is 0 Å². The zero-order chi connectivity index (χ0) is 12.6. The lowest BCUT2D eigenvalue weighted by Crippen LogP contribution is -2.27. The van der Waals surface area contributed by atoms with E-state index in [1.165, 1.54) is 4.57 Å². The quantitative estimate of drug-likeness (QED) is 0.855. The SMILES string of the molecule is Cc1c(C)c2ccccc2n(CC(=O)O)c1=O. The Balaban J connectivity index is 2.90. The first-order valence-corrected chi connectivity index (χ1v) is 5.33. The van der Waals surface area contributed by atoms with E-state index in [4.69, 9.17) is 5.11 Å². The maximum atomic E-state index is 12.0. The van der Waals surface area contributed by atoms with Crippen molar-refractivity contribution < 1.29 is 9.90 Å². The molecule has 1 aromatic heterocycles. The van der Waals surface area contributed by atoms with E-state index in [-0.39, 0.29) is 12.1 Å². The van der Waals surface area contributed by atoms with Crippen molar-refractivity contribution in [3.8, 4) is 0 Å². The fourth-order valence-electron chi connectivity index (χ4n) is 1.99. The summed E-state index contributed by atoms with van der Waals surface area (Å²) in [5.41, 5.74) is 1.95. The summed E-state index contributed by atoms with van der Waals surface area (Å²) in [6.07, 6.45) is 0. The Morgan fingerprint density at radius 1 is 1.24 bits per heavy atom. The number of carboxylic acid groups (broad SMARTS) is 1. The molecule has 1 aromatic carbocycles. The van der Waals surface area contributed by atoms with Crippen LogP contribution < -0.4 is 5.56 Å². The summed E-state index contributed by atoms with van der Waals surface area (Å²) in [6, 6.07) is 7.35. The van der Waals surface area contributed by atoms with Crippen molar-refractivity contribution in [2.24, 2.45) is 0 Å². The number of hydrogen-bond donors (Lipinski definition) is 1. The molecule has 4 nitrogen and oxygen atoms in total. The number of para-hydroxylation sites is 1. The van der Waals surface area contributed by atoms with Gasteiger partial charge in [-0.1, -0.05) is 18.2 Å². The number of carboxylic acids is 1. The first-order chi connectivity index (χ1) is 8.02. The van der Waals surface area contributed by atoms with Crippen LogP contribution in [0.2, 0.25) is 0 Å². The van der Waals surface area contributed by atoms with Crippen molar-refractivity contribution in [3.05, 3.63) is 45.7 Å². The molecule has 17 heavy (non-hydrogen) atoms. The summed E-state index contributed by atoms with van der Waals surface area (Å²) in [4.78, 5) is 22.8. The van der Waals surface area contributed by atoms with Gasteiger partial charge in [-0.3, -0.25) is 14.2 Å². The normalized spacial score (nSPS) is 10.7. The maximum absolute atomic E-state index is 12.0. The second-order valence-corrected chi connectivity index (χ2v) is 4.05. The molecule has 1 heterocycles. The number of pyridine rings is 1. The molecule has 0 atom stereocenters. The minimum absolute atomic E-state index is 0.233. The van der Waals surface area contributed by atoms with Gasteiger partial charge in [-0.15, -0.1) is 0 Å². The lowest BCUT2D eigenvalue weighted by atomic mass is 10.1. The summed E-state index contributed by atoms with van der Waals surface area (Å²) in [5.74, 6) is -1.01. The Kier molecular flexibility index (Phi) is 2.71. The number of aromatic nitrogens is 1. The molecule has 1 N–H and O–H groups in total. The zero-order valence-electron chi connectivity index (χ0n) is 9.73. The molecule has 0 aliphatic heterocycles. The van der Waals surface area contributed by atoms with Crippen LogP contribution in [0.3, 0.4) is 0 Å². The van der Waals surface area contributed by atoms with Crippen LogP contribution in [0.15, 0.2) is 29.1 Å². The minimum Gasteiger partial charge on any atom is -0.480 e. The molecule has 0 saturated heterocycles. The molecule has 0 amide bonds. The second-order valence-electron chi connectivity index (χ2n) is 4.05. The Bertz CT molecular complexity index is 655. The van der Waals surface area contributed by atoms with Gasteiger partial charge in [-0.05, 0) is 25.5 Å². The maximum Gasteiger partial charge on any atom is 0.323 e. The van der Waals surface area contributed by atoms with Crippen molar-refractivity contribution in [1.82, 2.24) is 4.57 Å². The molecule has 2 rings (SSSR count). The summed E-state index contributed by atoms with van der Waals surface area (Å²) in [5, 5.41) is 9.77. The highest BCUT2D eigenvalue weighted by Crippen LogP contribution is 2.18. The standard InChI is InChI=1S/C13H13NO3/c1-8-9(2)13(17)14(7-12(15)16)11-6-4-3-5-10(8)11/h3-6H,7H2,1-2H3,(H,15,16). The van der Waals surface area contributed by atoms with Crippen LogP contribution in [0.4, 0.5) is 0 Å². The van der Waals surface area contributed by atoms with Gasteiger partial charge in [0.25, 0.3) is 5.56 Å². The van der Waals surface area contributed by atoms with E-state index in [1.807, 2.05) is 19.1 Å². The van der Waals surface area contributed by atoms with Crippen LogP contribution in [-0.4, -0.2) is 15.6 Å². The monoisotopic (exact) mass is 231 g/mol. The third-order valence-electron chi connectivity index (χ3n) is 3.02. The van der Waals surface area contributed by atoms with Gasteiger partial charge in [0.15, 0.2) is 0 Å². The van der Waals surface area contributed by atoms with Crippen molar-refractivity contribution in [3.63, 3.8) is 0 Å². The third-order valence-corrected chi connectivity index (χ3v) is 3.02. The number of hydrogen-bond acceptors (Lipinski definition) is 2. The average Bonchev–Trinajstić information content (AvgIpc) is 2.31. The van der Waals surface area contributed by atoms with Gasteiger partial charge in [0.05, 0.1) is 5.52 Å². The summed E-state index contributed by atoms with van der Waals surface area (Å²) < 4.78 is 1.31. The van der Waals surface area contributed by atoms with Crippen molar-refractivity contribution in [1.29, 1.82) is 0 Å². The number of nitrogens with zero attached hydrogens (tertiary/aromatic N) is 1. The van der Waals surface area contributed by atoms with Gasteiger partial charge in [0.2, 0.25) is 0 Å². The topological polar surface area (TPSA) is 59.3 Å². The van der Waals surface area contributed by atoms with Crippen LogP contribution in [0.25, 0.3) is 10.9 Å². The Morgan fingerprint density at radius 3 is 2.53 bits per heavy atom. The van der Waals surface area contributed by atoms with Gasteiger partial charge >= 0.3 is 5.97 Å². The number of rotatable bonds is 2. The predicted octanol–water partition coefficient (Wildman–Crippen LogP) is 1.70. The number of benzene rings is 1. The molecule has 0 radical (unpaired) electrons. The van der Waals surface area contributed by atoms with E-state index in [9.17, 15) is 9.59 Å². The Morgan fingerprint density at radius 2 is 1.88 bits per heavy atom. The molecule has 2 aromatic rings. The van der Waals surface area contributed by atoms with Crippen LogP contribution in [-0.2, 0) is 11.3 Å². The van der Waals surface area contributed by atoms with Crippen LogP contribution >= 0.6 is 0 Å². The van der Waals surface area contributed by atoms with Crippen LogP contribution in [0.5, 0.6) is 0 Å². The molecular formula is C13H13NO3. The summed E-state index contributed by atoms with van der Waals surface area (Å²) >= 11 is 0. The molecule has 0 aliphatic carbocycles. The summed E-state index contributed by atoms with van der Waals surface area (Å²) in [7, 11) is 0. The number of aliphatic carboxylic acids is 1. The molecule has 0 spiro atoms. The van der Waals surface area contributed by atoms with E-state index < -0.39 is 5.97 Å². The first kappa shape index (κ1) is 11.4. The number of aryl methyl sites for hydroxylation is 1. The largest absolute Gasteiger partial charge is 0.480 e. The minimum atomic E-state index is -1.01. The number of fused-ring (bicyclic) bond motifs is 1. The molecule has 0 aliphatic rings.